The molecule has 1 saturated carbocycles. The van der Waals surface area contributed by atoms with Gasteiger partial charge in [-0.2, -0.15) is 0 Å². The lowest BCUT2D eigenvalue weighted by Gasteiger charge is -2.31. The Bertz CT molecular complexity index is 817. The van der Waals surface area contributed by atoms with Crippen LogP contribution in [-0.2, 0) is 4.79 Å². The molecule has 0 saturated heterocycles. The largest absolute Gasteiger partial charge is 0.483 e. The minimum atomic E-state index is -0.273. The second-order valence-electron chi connectivity index (χ2n) is 7.05. The molecule has 2 aromatic carbocycles. The second-order valence-corrected chi connectivity index (χ2v) is 7.96. The zero-order chi connectivity index (χ0) is 19.9. The van der Waals surface area contributed by atoms with Crippen LogP contribution in [0.2, 0.25) is 0 Å². The molecule has 1 N–H and O–H groups in total. The molecule has 148 valence electrons. The highest BCUT2D eigenvalue weighted by atomic mass is 79.9. The number of hydrogen-bond donors (Lipinski definition) is 1. The average Bonchev–Trinajstić information content (AvgIpc) is 2.73. The molecule has 2 aromatic rings. The van der Waals surface area contributed by atoms with Gasteiger partial charge < -0.3 is 15.0 Å². The van der Waals surface area contributed by atoms with Crippen molar-refractivity contribution in [2.75, 3.05) is 19.0 Å². The Morgan fingerprint density at radius 2 is 1.75 bits per heavy atom. The first-order valence-electron chi connectivity index (χ1n) is 9.59. The van der Waals surface area contributed by atoms with Gasteiger partial charge in [-0.25, -0.2) is 0 Å². The van der Waals surface area contributed by atoms with E-state index in [0.717, 1.165) is 30.2 Å². The van der Waals surface area contributed by atoms with E-state index in [0.29, 0.717) is 17.0 Å². The van der Waals surface area contributed by atoms with Crippen LogP contribution in [0.15, 0.2) is 53.0 Å². The quantitative estimate of drug-likeness (QED) is 0.690. The van der Waals surface area contributed by atoms with Crippen LogP contribution in [0.25, 0.3) is 0 Å². The Morgan fingerprint density at radius 1 is 1.07 bits per heavy atom. The lowest BCUT2D eigenvalue weighted by molar-refractivity contribution is -0.118. The van der Waals surface area contributed by atoms with Crippen molar-refractivity contribution in [2.24, 2.45) is 0 Å². The highest BCUT2D eigenvalue weighted by Crippen LogP contribution is 2.26. The number of carbonyl (C=O) groups excluding carboxylic acids is 2. The number of hydrogen-bond acceptors (Lipinski definition) is 3. The number of halogens is 1. The van der Waals surface area contributed by atoms with E-state index in [9.17, 15) is 9.59 Å². The standard InChI is InChI=1S/C22H25BrN2O3/c1-25(18-7-3-2-4-8-18)22(27)19-9-5-6-10-20(19)28-15-21(26)24-17-13-11-16(23)12-14-17/h5-6,9-14,18H,2-4,7-8,15H2,1H3,(H,24,26). The van der Waals surface area contributed by atoms with Gasteiger partial charge in [-0.3, -0.25) is 9.59 Å². The maximum absolute atomic E-state index is 13.0. The third kappa shape index (κ3) is 5.35. The Kier molecular flexibility index (Phi) is 7.09. The van der Waals surface area contributed by atoms with Crippen molar-refractivity contribution >= 4 is 33.4 Å². The summed E-state index contributed by atoms with van der Waals surface area (Å²) in [5.74, 6) is 0.0992. The molecule has 1 fully saturated rings. The molecule has 0 radical (unpaired) electrons. The number of nitrogens with zero attached hydrogens (tertiary/aromatic N) is 1. The smallest absolute Gasteiger partial charge is 0.262 e. The Labute approximate surface area is 174 Å². The monoisotopic (exact) mass is 444 g/mol. The van der Waals surface area contributed by atoms with Crippen LogP contribution < -0.4 is 10.1 Å². The average molecular weight is 445 g/mol. The number of amides is 2. The van der Waals surface area contributed by atoms with Gasteiger partial charge in [-0.05, 0) is 49.2 Å². The van der Waals surface area contributed by atoms with Crippen LogP contribution >= 0.6 is 15.9 Å². The second kappa shape index (κ2) is 9.73. The van der Waals surface area contributed by atoms with Gasteiger partial charge in [0.25, 0.3) is 11.8 Å². The molecular formula is C22H25BrN2O3. The number of para-hydroxylation sites is 1. The molecule has 1 aliphatic carbocycles. The van der Waals surface area contributed by atoms with Gasteiger partial charge in [-0.1, -0.05) is 47.3 Å². The van der Waals surface area contributed by atoms with Crippen LogP contribution in [0.1, 0.15) is 42.5 Å². The molecule has 1 aliphatic rings. The van der Waals surface area contributed by atoms with Crippen LogP contribution in [-0.4, -0.2) is 36.4 Å². The predicted molar refractivity (Wildman–Crippen MR) is 114 cm³/mol. The molecular weight excluding hydrogens is 420 g/mol. The fourth-order valence-corrected chi connectivity index (χ4v) is 3.73. The molecule has 0 aliphatic heterocycles. The summed E-state index contributed by atoms with van der Waals surface area (Å²) >= 11 is 3.36. The summed E-state index contributed by atoms with van der Waals surface area (Å²) in [4.78, 5) is 27.0. The molecule has 0 heterocycles. The highest BCUT2D eigenvalue weighted by molar-refractivity contribution is 9.10. The van der Waals surface area contributed by atoms with Crippen LogP contribution in [0.5, 0.6) is 5.75 Å². The molecule has 5 nitrogen and oxygen atoms in total. The topological polar surface area (TPSA) is 58.6 Å². The zero-order valence-electron chi connectivity index (χ0n) is 16.0. The number of ether oxygens (including phenoxy) is 1. The van der Waals surface area contributed by atoms with Gasteiger partial charge >= 0.3 is 0 Å². The van der Waals surface area contributed by atoms with Gasteiger partial charge in [-0.15, -0.1) is 0 Å². The fourth-order valence-electron chi connectivity index (χ4n) is 3.47. The molecule has 0 spiro atoms. The van der Waals surface area contributed by atoms with Crippen molar-refractivity contribution in [1.29, 1.82) is 0 Å². The lowest BCUT2D eigenvalue weighted by atomic mass is 9.94. The number of benzene rings is 2. The maximum atomic E-state index is 13.0. The summed E-state index contributed by atoms with van der Waals surface area (Å²) in [5.41, 5.74) is 1.19. The molecule has 0 bridgehead atoms. The van der Waals surface area contributed by atoms with E-state index in [1.807, 2.05) is 30.1 Å². The van der Waals surface area contributed by atoms with Crippen LogP contribution in [0.3, 0.4) is 0 Å². The van der Waals surface area contributed by atoms with Crippen LogP contribution in [0, 0.1) is 0 Å². The number of rotatable bonds is 6. The SMILES string of the molecule is CN(C(=O)c1ccccc1OCC(=O)Nc1ccc(Br)cc1)C1CCCCC1. The van der Waals surface area contributed by atoms with Gasteiger partial charge in [0.05, 0.1) is 5.56 Å². The van der Waals surface area contributed by atoms with E-state index in [4.69, 9.17) is 4.74 Å². The normalized spacial score (nSPS) is 14.4. The minimum absolute atomic E-state index is 0.0594. The summed E-state index contributed by atoms with van der Waals surface area (Å²) in [6.45, 7) is -0.159. The number of nitrogens with one attached hydrogen (secondary N) is 1. The molecule has 3 rings (SSSR count). The molecule has 2 amide bonds. The molecule has 6 heteroatoms. The summed E-state index contributed by atoms with van der Waals surface area (Å²) in [5, 5.41) is 2.78. The molecule has 28 heavy (non-hydrogen) atoms. The first-order valence-corrected chi connectivity index (χ1v) is 10.4. The van der Waals surface area contributed by atoms with Crippen LogP contribution in [0.4, 0.5) is 5.69 Å². The Hall–Kier alpha value is -2.34. The van der Waals surface area contributed by atoms with Crippen molar-refractivity contribution < 1.29 is 14.3 Å². The van der Waals surface area contributed by atoms with E-state index in [1.54, 1.807) is 30.3 Å². The lowest BCUT2D eigenvalue weighted by Crippen LogP contribution is -2.38. The van der Waals surface area contributed by atoms with Crippen molar-refractivity contribution in [2.45, 2.75) is 38.1 Å². The van der Waals surface area contributed by atoms with Crippen molar-refractivity contribution in [3.63, 3.8) is 0 Å². The van der Waals surface area contributed by atoms with Gasteiger partial charge in [0.2, 0.25) is 0 Å². The first kappa shape index (κ1) is 20.4. The maximum Gasteiger partial charge on any atom is 0.262 e. The van der Waals surface area contributed by atoms with Gasteiger partial charge in [0, 0.05) is 23.2 Å². The van der Waals surface area contributed by atoms with Crippen molar-refractivity contribution in [1.82, 2.24) is 4.90 Å². The van der Waals surface area contributed by atoms with E-state index >= 15 is 0 Å². The van der Waals surface area contributed by atoms with E-state index in [-0.39, 0.29) is 24.5 Å². The predicted octanol–water partition coefficient (Wildman–Crippen LogP) is 4.87. The van der Waals surface area contributed by atoms with E-state index < -0.39 is 0 Å². The zero-order valence-corrected chi connectivity index (χ0v) is 17.6. The van der Waals surface area contributed by atoms with Gasteiger partial charge in [0.1, 0.15) is 5.75 Å². The van der Waals surface area contributed by atoms with E-state index in [2.05, 4.69) is 21.2 Å². The third-order valence-electron chi connectivity index (χ3n) is 5.05. The highest BCUT2D eigenvalue weighted by Gasteiger charge is 2.25. The number of anilines is 1. The fraction of sp³-hybridized carbons (Fsp3) is 0.364. The first-order chi connectivity index (χ1) is 13.5. The molecule has 0 unspecified atom stereocenters. The van der Waals surface area contributed by atoms with E-state index in [1.165, 1.54) is 6.42 Å². The Morgan fingerprint density at radius 3 is 2.46 bits per heavy atom. The third-order valence-corrected chi connectivity index (χ3v) is 5.58. The summed E-state index contributed by atoms with van der Waals surface area (Å²) in [7, 11) is 1.86. The number of carbonyl (C=O) groups is 2. The molecule has 0 atom stereocenters. The van der Waals surface area contributed by atoms with Gasteiger partial charge in [0.15, 0.2) is 6.61 Å². The van der Waals surface area contributed by atoms with Crippen molar-refractivity contribution in [3.8, 4) is 5.75 Å². The Balaban J connectivity index is 1.62. The summed E-state index contributed by atoms with van der Waals surface area (Å²) < 4.78 is 6.63. The minimum Gasteiger partial charge on any atom is -0.483 e. The van der Waals surface area contributed by atoms with Crippen molar-refractivity contribution in [3.05, 3.63) is 58.6 Å². The molecule has 0 aromatic heterocycles. The summed E-state index contributed by atoms with van der Waals surface area (Å²) in [6.07, 6.45) is 5.65. The summed E-state index contributed by atoms with van der Waals surface area (Å²) in [6, 6.07) is 14.7.